The van der Waals surface area contributed by atoms with Gasteiger partial charge < -0.3 is 10.4 Å². The number of nitrogens with one attached hydrogen (secondary N) is 1. The van der Waals surface area contributed by atoms with Crippen LogP contribution in [0.5, 0.6) is 0 Å². The van der Waals surface area contributed by atoms with Gasteiger partial charge in [0.2, 0.25) is 0 Å². The van der Waals surface area contributed by atoms with Gasteiger partial charge in [-0.2, -0.15) is 11.8 Å². The van der Waals surface area contributed by atoms with E-state index in [9.17, 15) is 5.11 Å². The molecule has 0 saturated carbocycles. The second-order valence-electron chi connectivity index (χ2n) is 4.16. The lowest BCUT2D eigenvalue weighted by atomic mass is 10.0. The summed E-state index contributed by atoms with van der Waals surface area (Å²) < 4.78 is 0. The van der Waals surface area contributed by atoms with Crippen LogP contribution in [0, 0.1) is 5.92 Å². The minimum absolute atomic E-state index is 0.158. The van der Waals surface area contributed by atoms with Gasteiger partial charge in [0.1, 0.15) is 0 Å². The smallest absolute Gasteiger partial charge is 0.0515 e. The fourth-order valence-electron chi connectivity index (χ4n) is 1.73. The van der Waals surface area contributed by atoms with Crippen LogP contribution in [0.1, 0.15) is 26.7 Å². The molecule has 1 aliphatic heterocycles. The molecule has 1 rings (SSSR count). The highest BCUT2D eigenvalue weighted by Gasteiger charge is 2.15. The third-order valence-electron chi connectivity index (χ3n) is 2.43. The first-order valence-electron chi connectivity index (χ1n) is 5.17. The van der Waals surface area contributed by atoms with E-state index in [2.05, 4.69) is 12.2 Å². The molecule has 1 heterocycles. The van der Waals surface area contributed by atoms with Gasteiger partial charge in [-0.05, 0) is 38.0 Å². The van der Waals surface area contributed by atoms with Crippen LogP contribution >= 0.6 is 11.8 Å². The molecule has 78 valence electrons. The summed E-state index contributed by atoms with van der Waals surface area (Å²) in [7, 11) is 0. The number of aliphatic hydroxyl groups excluding tert-OH is 1. The Balaban J connectivity index is 2.03. The largest absolute Gasteiger partial charge is 0.393 e. The number of rotatable bonds is 5. The maximum atomic E-state index is 9.18. The zero-order valence-corrected chi connectivity index (χ0v) is 9.44. The highest BCUT2D eigenvalue weighted by atomic mass is 32.2. The number of hydrogen-bond acceptors (Lipinski definition) is 3. The maximum absolute atomic E-state index is 9.18. The molecule has 2 N–H and O–H groups in total. The summed E-state index contributed by atoms with van der Waals surface area (Å²) in [6.45, 7) is 5.11. The molecule has 3 atom stereocenters. The van der Waals surface area contributed by atoms with Gasteiger partial charge in [0.15, 0.2) is 0 Å². The third kappa shape index (κ3) is 4.89. The van der Waals surface area contributed by atoms with Crippen LogP contribution in [0.4, 0.5) is 0 Å². The summed E-state index contributed by atoms with van der Waals surface area (Å²) in [6, 6.07) is 0.724. The van der Waals surface area contributed by atoms with Crippen molar-refractivity contribution in [1.82, 2.24) is 5.32 Å². The fraction of sp³-hybridized carbons (Fsp3) is 1.00. The number of aliphatic hydroxyl groups is 1. The lowest BCUT2D eigenvalue weighted by Gasteiger charge is -2.17. The molecule has 0 aliphatic carbocycles. The summed E-state index contributed by atoms with van der Waals surface area (Å²) in [5, 5.41) is 12.7. The van der Waals surface area contributed by atoms with Gasteiger partial charge >= 0.3 is 0 Å². The Kier molecular flexibility index (Phi) is 5.14. The van der Waals surface area contributed by atoms with E-state index in [1.807, 2.05) is 18.7 Å². The van der Waals surface area contributed by atoms with E-state index in [-0.39, 0.29) is 6.10 Å². The van der Waals surface area contributed by atoms with Gasteiger partial charge in [0, 0.05) is 11.8 Å². The molecule has 1 aliphatic rings. The predicted molar refractivity (Wildman–Crippen MR) is 59.2 cm³/mol. The average molecular weight is 203 g/mol. The Hall–Kier alpha value is 0.270. The third-order valence-corrected chi connectivity index (χ3v) is 3.59. The summed E-state index contributed by atoms with van der Waals surface area (Å²) in [4.78, 5) is 0. The minimum atomic E-state index is -0.158. The van der Waals surface area contributed by atoms with Gasteiger partial charge in [-0.15, -0.1) is 0 Å². The molecule has 0 radical (unpaired) electrons. The van der Waals surface area contributed by atoms with Gasteiger partial charge in [-0.3, -0.25) is 0 Å². The predicted octanol–water partition coefficient (Wildman–Crippen LogP) is 1.49. The molecule has 1 fully saturated rings. The monoisotopic (exact) mass is 203 g/mol. The minimum Gasteiger partial charge on any atom is -0.393 e. The molecule has 0 aromatic carbocycles. The SMILES string of the molecule is CC(O)CC(C)CNC1CCSC1. The van der Waals surface area contributed by atoms with Crippen LogP contribution in [0.2, 0.25) is 0 Å². The zero-order valence-electron chi connectivity index (χ0n) is 8.62. The van der Waals surface area contributed by atoms with Crippen molar-refractivity contribution in [2.75, 3.05) is 18.1 Å². The summed E-state index contributed by atoms with van der Waals surface area (Å²) in [5.74, 6) is 3.16. The lowest BCUT2D eigenvalue weighted by molar-refractivity contribution is 0.162. The van der Waals surface area contributed by atoms with Crippen molar-refractivity contribution in [1.29, 1.82) is 0 Å². The van der Waals surface area contributed by atoms with Crippen LogP contribution in [-0.4, -0.2) is 35.3 Å². The molecular weight excluding hydrogens is 182 g/mol. The van der Waals surface area contributed by atoms with E-state index in [1.54, 1.807) is 0 Å². The highest BCUT2D eigenvalue weighted by molar-refractivity contribution is 7.99. The van der Waals surface area contributed by atoms with Gasteiger partial charge in [-0.25, -0.2) is 0 Å². The average Bonchev–Trinajstić information content (AvgIpc) is 2.51. The Morgan fingerprint density at radius 1 is 1.54 bits per heavy atom. The molecule has 0 amide bonds. The first-order valence-corrected chi connectivity index (χ1v) is 6.33. The fourth-order valence-corrected chi connectivity index (χ4v) is 2.92. The molecule has 0 aromatic rings. The van der Waals surface area contributed by atoms with E-state index < -0.39 is 0 Å². The standard InChI is InChI=1S/C10H21NOS/c1-8(5-9(2)12)6-11-10-3-4-13-7-10/h8-12H,3-7H2,1-2H3. The molecule has 2 nitrogen and oxygen atoms in total. The van der Waals surface area contributed by atoms with Gasteiger partial charge in [0.05, 0.1) is 6.10 Å². The molecular formula is C10H21NOS. The highest BCUT2D eigenvalue weighted by Crippen LogP contribution is 2.17. The Labute approximate surface area is 85.5 Å². The number of thioether (sulfide) groups is 1. The number of hydrogen-bond donors (Lipinski definition) is 2. The molecule has 0 bridgehead atoms. The summed E-state index contributed by atoms with van der Waals surface area (Å²) >= 11 is 2.04. The van der Waals surface area contributed by atoms with Crippen molar-refractivity contribution in [3.05, 3.63) is 0 Å². The first kappa shape index (κ1) is 11.3. The molecule has 1 saturated heterocycles. The normalized spacial score (nSPS) is 27.5. The van der Waals surface area contributed by atoms with Crippen LogP contribution in [0.3, 0.4) is 0 Å². The molecule has 0 spiro atoms. The maximum Gasteiger partial charge on any atom is 0.0515 e. The van der Waals surface area contributed by atoms with Crippen LogP contribution < -0.4 is 5.32 Å². The molecule has 3 heteroatoms. The van der Waals surface area contributed by atoms with E-state index in [4.69, 9.17) is 0 Å². The van der Waals surface area contributed by atoms with Crippen molar-refractivity contribution in [2.24, 2.45) is 5.92 Å². The summed E-state index contributed by atoms with van der Waals surface area (Å²) in [5.41, 5.74) is 0. The van der Waals surface area contributed by atoms with E-state index >= 15 is 0 Å². The molecule has 13 heavy (non-hydrogen) atoms. The Morgan fingerprint density at radius 2 is 2.31 bits per heavy atom. The zero-order chi connectivity index (χ0) is 9.68. The topological polar surface area (TPSA) is 32.3 Å². The van der Waals surface area contributed by atoms with Crippen molar-refractivity contribution in [3.8, 4) is 0 Å². The Bertz CT molecular complexity index is 135. The molecule has 3 unspecified atom stereocenters. The van der Waals surface area contributed by atoms with Crippen LogP contribution in [0.15, 0.2) is 0 Å². The van der Waals surface area contributed by atoms with Crippen molar-refractivity contribution in [3.63, 3.8) is 0 Å². The molecule has 0 aromatic heterocycles. The van der Waals surface area contributed by atoms with Crippen molar-refractivity contribution >= 4 is 11.8 Å². The van der Waals surface area contributed by atoms with Crippen molar-refractivity contribution < 1.29 is 5.11 Å². The summed E-state index contributed by atoms with van der Waals surface area (Å²) in [6.07, 6.45) is 2.06. The van der Waals surface area contributed by atoms with Crippen LogP contribution in [0.25, 0.3) is 0 Å². The van der Waals surface area contributed by atoms with Gasteiger partial charge in [0.25, 0.3) is 0 Å². The van der Waals surface area contributed by atoms with Crippen LogP contribution in [-0.2, 0) is 0 Å². The Morgan fingerprint density at radius 3 is 2.85 bits per heavy atom. The lowest BCUT2D eigenvalue weighted by Crippen LogP contribution is -2.33. The quantitative estimate of drug-likeness (QED) is 0.710. The van der Waals surface area contributed by atoms with E-state index in [0.29, 0.717) is 5.92 Å². The van der Waals surface area contributed by atoms with Crippen molar-refractivity contribution in [2.45, 2.75) is 38.8 Å². The second kappa shape index (κ2) is 5.89. The van der Waals surface area contributed by atoms with E-state index in [0.717, 1.165) is 19.0 Å². The van der Waals surface area contributed by atoms with Gasteiger partial charge in [-0.1, -0.05) is 6.92 Å². The second-order valence-corrected chi connectivity index (χ2v) is 5.31. The van der Waals surface area contributed by atoms with E-state index in [1.165, 1.54) is 17.9 Å². The first-order chi connectivity index (χ1) is 6.18.